The molecule has 12 heavy (non-hydrogen) atoms. The highest BCUT2D eigenvalue weighted by atomic mass is 35.5. The fourth-order valence-electron chi connectivity index (χ4n) is 0.794. The second-order valence-electron chi connectivity index (χ2n) is 2.78. The minimum absolute atomic E-state index is 0.316. The van der Waals surface area contributed by atoms with E-state index in [9.17, 15) is 0 Å². The lowest BCUT2D eigenvalue weighted by atomic mass is 10.4. The van der Waals surface area contributed by atoms with Gasteiger partial charge in [0.25, 0.3) is 0 Å². The van der Waals surface area contributed by atoms with Gasteiger partial charge in [0, 0.05) is 12.2 Å². The molecular formula is C8H10Cl2N2. The fourth-order valence-corrected chi connectivity index (χ4v) is 1.23. The lowest BCUT2D eigenvalue weighted by Crippen LogP contribution is -2.11. The molecule has 0 saturated carbocycles. The quantitative estimate of drug-likeness (QED) is 0.801. The predicted molar refractivity (Wildman–Crippen MR) is 53.0 cm³/mol. The van der Waals surface area contributed by atoms with Crippen LogP contribution in [0.25, 0.3) is 0 Å². The number of nitrogens with zero attached hydrogens (tertiary/aromatic N) is 1. The van der Waals surface area contributed by atoms with Crippen LogP contribution in [0.15, 0.2) is 12.3 Å². The summed E-state index contributed by atoms with van der Waals surface area (Å²) >= 11 is 11.5. The molecular weight excluding hydrogens is 195 g/mol. The summed E-state index contributed by atoms with van der Waals surface area (Å²) in [5.41, 5.74) is 0. The third-order valence-electron chi connectivity index (χ3n) is 1.23. The van der Waals surface area contributed by atoms with Crippen molar-refractivity contribution >= 4 is 29.0 Å². The van der Waals surface area contributed by atoms with Crippen LogP contribution in [-0.2, 0) is 0 Å². The maximum atomic E-state index is 5.86. The number of aromatic nitrogens is 1. The molecule has 0 fully saturated rings. The Morgan fingerprint density at radius 2 is 2.08 bits per heavy atom. The Balaban J connectivity index is 2.86. The van der Waals surface area contributed by atoms with E-state index < -0.39 is 0 Å². The molecule has 0 aliphatic heterocycles. The first-order chi connectivity index (χ1) is 5.59. The molecule has 0 unspecified atom stereocenters. The zero-order valence-corrected chi connectivity index (χ0v) is 8.45. The number of hydrogen-bond acceptors (Lipinski definition) is 2. The molecule has 2 nitrogen and oxygen atoms in total. The average molecular weight is 205 g/mol. The summed E-state index contributed by atoms with van der Waals surface area (Å²) in [5, 5.41) is 4.20. The number of pyridine rings is 1. The lowest BCUT2D eigenvalue weighted by Gasteiger charge is -2.09. The third kappa shape index (κ3) is 2.54. The number of anilines is 1. The van der Waals surface area contributed by atoms with E-state index in [0.29, 0.717) is 21.9 Å². The summed E-state index contributed by atoms with van der Waals surface area (Å²) in [5.74, 6) is 0.677. The molecule has 0 atom stereocenters. The summed E-state index contributed by atoms with van der Waals surface area (Å²) in [6.45, 7) is 4.04. The lowest BCUT2D eigenvalue weighted by molar-refractivity contribution is 0.889. The molecule has 1 N–H and O–H groups in total. The molecule has 0 aliphatic rings. The summed E-state index contributed by atoms with van der Waals surface area (Å²) in [6.07, 6.45) is 1.57. The monoisotopic (exact) mass is 204 g/mol. The highest BCUT2D eigenvalue weighted by Gasteiger charge is 2.02. The molecule has 0 saturated heterocycles. The van der Waals surface area contributed by atoms with Crippen LogP contribution in [0.3, 0.4) is 0 Å². The van der Waals surface area contributed by atoms with E-state index >= 15 is 0 Å². The first-order valence-electron chi connectivity index (χ1n) is 3.67. The van der Waals surface area contributed by atoms with E-state index in [1.165, 1.54) is 0 Å². The van der Waals surface area contributed by atoms with Gasteiger partial charge in [-0.1, -0.05) is 23.2 Å². The standard InChI is InChI=1S/C8H10Cl2N2/c1-5(2)12-8-7(10)3-6(9)4-11-8/h3-5H,1-2H3,(H,11,12). The molecule has 1 rings (SSSR count). The van der Waals surface area contributed by atoms with Crippen LogP contribution in [-0.4, -0.2) is 11.0 Å². The molecule has 1 aromatic rings. The zero-order valence-electron chi connectivity index (χ0n) is 6.94. The molecule has 0 spiro atoms. The Morgan fingerprint density at radius 3 is 2.58 bits per heavy atom. The van der Waals surface area contributed by atoms with Crippen molar-refractivity contribution in [3.8, 4) is 0 Å². The van der Waals surface area contributed by atoms with E-state index in [2.05, 4.69) is 10.3 Å². The molecule has 0 aliphatic carbocycles. The molecule has 4 heteroatoms. The Kier molecular flexibility index (Phi) is 3.18. The SMILES string of the molecule is CC(C)Nc1ncc(Cl)cc1Cl. The van der Waals surface area contributed by atoms with Gasteiger partial charge in [-0.15, -0.1) is 0 Å². The van der Waals surface area contributed by atoms with Crippen molar-refractivity contribution in [2.45, 2.75) is 19.9 Å². The van der Waals surface area contributed by atoms with Crippen LogP contribution in [0.5, 0.6) is 0 Å². The Labute approximate surface area is 81.9 Å². The minimum Gasteiger partial charge on any atom is -0.367 e. The van der Waals surface area contributed by atoms with Gasteiger partial charge in [0.15, 0.2) is 0 Å². The first-order valence-corrected chi connectivity index (χ1v) is 4.43. The Hall–Kier alpha value is -0.470. The molecule has 66 valence electrons. The van der Waals surface area contributed by atoms with Crippen molar-refractivity contribution in [1.29, 1.82) is 0 Å². The summed E-state index contributed by atoms with van der Waals surface area (Å²) in [4.78, 5) is 4.04. The second-order valence-corrected chi connectivity index (χ2v) is 3.63. The Morgan fingerprint density at radius 1 is 1.42 bits per heavy atom. The Bertz CT molecular complexity index is 274. The summed E-state index contributed by atoms with van der Waals surface area (Å²) in [7, 11) is 0. The fraction of sp³-hybridized carbons (Fsp3) is 0.375. The molecule has 0 aromatic carbocycles. The van der Waals surface area contributed by atoms with Crippen LogP contribution in [0.1, 0.15) is 13.8 Å². The van der Waals surface area contributed by atoms with Crippen molar-refractivity contribution < 1.29 is 0 Å². The van der Waals surface area contributed by atoms with Gasteiger partial charge < -0.3 is 5.32 Å². The van der Waals surface area contributed by atoms with Crippen molar-refractivity contribution in [2.75, 3.05) is 5.32 Å². The van der Waals surface area contributed by atoms with Crippen LogP contribution in [0.4, 0.5) is 5.82 Å². The number of nitrogens with one attached hydrogen (secondary N) is 1. The predicted octanol–water partition coefficient (Wildman–Crippen LogP) is 3.21. The van der Waals surface area contributed by atoms with E-state index in [1.54, 1.807) is 12.3 Å². The van der Waals surface area contributed by atoms with Crippen LogP contribution in [0.2, 0.25) is 10.0 Å². The molecule has 0 amide bonds. The molecule has 0 radical (unpaired) electrons. The van der Waals surface area contributed by atoms with Gasteiger partial charge in [0.1, 0.15) is 5.82 Å². The van der Waals surface area contributed by atoms with Crippen LogP contribution in [0, 0.1) is 0 Å². The maximum Gasteiger partial charge on any atom is 0.145 e. The number of hydrogen-bond donors (Lipinski definition) is 1. The molecule has 1 heterocycles. The van der Waals surface area contributed by atoms with Gasteiger partial charge >= 0.3 is 0 Å². The van der Waals surface area contributed by atoms with E-state index in [4.69, 9.17) is 23.2 Å². The minimum atomic E-state index is 0.316. The van der Waals surface area contributed by atoms with E-state index in [1.807, 2.05) is 13.8 Å². The van der Waals surface area contributed by atoms with Gasteiger partial charge in [-0.3, -0.25) is 0 Å². The third-order valence-corrected chi connectivity index (χ3v) is 1.73. The zero-order chi connectivity index (χ0) is 9.14. The van der Waals surface area contributed by atoms with Crippen molar-refractivity contribution in [3.05, 3.63) is 22.3 Å². The van der Waals surface area contributed by atoms with Crippen LogP contribution < -0.4 is 5.32 Å². The second kappa shape index (κ2) is 3.97. The van der Waals surface area contributed by atoms with E-state index in [0.717, 1.165) is 0 Å². The van der Waals surface area contributed by atoms with Gasteiger partial charge in [-0.25, -0.2) is 4.98 Å². The van der Waals surface area contributed by atoms with Gasteiger partial charge in [0.05, 0.1) is 10.0 Å². The highest BCUT2D eigenvalue weighted by Crippen LogP contribution is 2.22. The maximum absolute atomic E-state index is 5.86. The van der Waals surface area contributed by atoms with Gasteiger partial charge in [-0.05, 0) is 19.9 Å². The number of halogens is 2. The van der Waals surface area contributed by atoms with Gasteiger partial charge in [0.2, 0.25) is 0 Å². The van der Waals surface area contributed by atoms with E-state index in [-0.39, 0.29) is 0 Å². The summed E-state index contributed by atoms with van der Waals surface area (Å²) < 4.78 is 0. The van der Waals surface area contributed by atoms with Gasteiger partial charge in [-0.2, -0.15) is 0 Å². The number of rotatable bonds is 2. The molecule has 1 aromatic heterocycles. The molecule has 0 bridgehead atoms. The normalized spacial score (nSPS) is 10.4. The van der Waals surface area contributed by atoms with Crippen molar-refractivity contribution in [1.82, 2.24) is 4.98 Å². The van der Waals surface area contributed by atoms with Crippen molar-refractivity contribution in [2.24, 2.45) is 0 Å². The van der Waals surface area contributed by atoms with Crippen molar-refractivity contribution in [3.63, 3.8) is 0 Å². The topological polar surface area (TPSA) is 24.9 Å². The largest absolute Gasteiger partial charge is 0.367 e. The van der Waals surface area contributed by atoms with Crippen LogP contribution >= 0.6 is 23.2 Å². The highest BCUT2D eigenvalue weighted by molar-refractivity contribution is 6.35. The summed E-state index contributed by atoms with van der Waals surface area (Å²) in [6, 6.07) is 1.98. The average Bonchev–Trinajstić information content (AvgIpc) is 1.94. The first kappa shape index (κ1) is 9.62. The smallest absolute Gasteiger partial charge is 0.145 e.